The average molecular weight is 267 g/mol. The minimum absolute atomic E-state index is 0.279. The molecule has 0 aliphatic rings. The van der Waals surface area contributed by atoms with Gasteiger partial charge < -0.3 is 10.3 Å². The van der Waals surface area contributed by atoms with Gasteiger partial charge in [0.25, 0.3) is 0 Å². The SMILES string of the molecule is CC[C@@H](C)n1c(C#N)cc(N)c1Cc1cccc(C)c1. The van der Waals surface area contributed by atoms with E-state index in [1.54, 1.807) is 6.07 Å². The minimum Gasteiger partial charge on any atom is -0.397 e. The first kappa shape index (κ1) is 14.2. The lowest BCUT2D eigenvalue weighted by atomic mass is 10.1. The highest BCUT2D eigenvalue weighted by molar-refractivity contribution is 5.52. The van der Waals surface area contributed by atoms with Gasteiger partial charge in [-0.2, -0.15) is 5.26 Å². The van der Waals surface area contributed by atoms with Crippen molar-refractivity contribution in [2.75, 3.05) is 5.73 Å². The molecule has 0 saturated carbocycles. The van der Waals surface area contributed by atoms with Crippen molar-refractivity contribution < 1.29 is 0 Å². The minimum atomic E-state index is 0.279. The number of nitriles is 1. The second-order valence-corrected chi connectivity index (χ2v) is 5.34. The van der Waals surface area contributed by atoms with Crippen molar-refractivity contribution in [2.24, 2.45) is 0 Å². The fraction of sp³-hybridized carbons (Fsp3) is 0.353. The Kier molecular flexibility index (Phi) is 4.14. The Labute approximate surface area is 120 Å². The highest BCUT2D eigenvalue weighted by Crippen LogP contribution is 2.27. The van der Waals surface area contributed by atoms with Crippen LogP contribution in [0.25, 0.3) is 0 Å². The van der Waals surface area contributed by atoms with E-state index in [0.29, 0.717) is 11.4 Å². The number of hydrogen-bond acceptors (Lipinski definition) is 2. The van der Waals surface area contributed by atoms with Crippen LogP contribution in [0.4, 0.5) is 5.69 Å². The molecular weight excluding hydrogens is 246 g/mol. The number of aryl methyl sites for hydroxylation is 1. The summed E-state index contributed by atoms with van der Waals surface area (Å²) in [6.07, 6.45) is 1.74. The molecule has 0 spiro atoms. The molecule has 104 valence electrons. The first-order valence-corrected chi connectivity index (χ1v) is 7.02. The zero-order valence-electron chi connectivity index (χ0n) is 12.4. The van der Waals surface area contributed by atoms with Gasteiger partial charge in [-0.25, -0.2) is 0 Å². The smallest absolute Gasteiger partial charge is 0.122 e. The summed E-state index contributed by atoms with van der Waals surface area (Å²) < 4.78 is 2.08. The van der Waals surface area contributed by atoms with Gasteiger partial charge >= 0.3 is 0 Å². The number of nitrogens with zero attached hydrogens (tertiary/aromatic N) is 2. The topological polar surface area (TPSA) is 54.7 Å². The Morgan fingerprint density at radius 3 is 2.70 bits per heavy atom. The van der Waals surface area contributed by atoms with Crippen LogP contribution in [0, 0.1) is 18.3 Å². The molecular formula is C17H21N3. The lowest BCUT2D eigenvalue weighted by molar-refractivity contribution is 0.514. The fourth-order valence-electron chi connectivity index (χ4n) is 2.56. The Morgan fingerprint density at radius 2 is 2.10 bits per heavy atom. The van der Waals surface area contributed by atoms with Crippen LogP contribution in [-0.2, 0) is 6.42 Å². The average Bonchev–Trinajstić information content (AvgIpc) is 2.74. The van der Waals surface area contributed by atoms with E-state index in [-0.39, 0.29) is 6.04 Å². The maximum Gasteiger partial charge on any atom is 0.122 e. The van der Waals surface area contributed by atoms with Gasteiger partial charge in [0.15, 0.2) is 0 Å². The summed E-state index contributed by atoms with van der Waals surface area (Å²) >= 11 is 0. The summed E-state index contributed by atoms with van der Waals surface area (Å²) in [7, 11) is 0. The number of benzene rings is 1. The van der Waals surface area contributed by atoms with Crippen molar-refractivity contribution in [3.05, 3.63) is 52.8 Å². The van der Waals surface area contributed by atoms with Gasteiger partial charge in [0.05, 0.1) is 5.69 Å². The van der Waals surface area contributed by atoms with Crippen molar-refractivity contribution >= 4 is 5.69 Å². The number of anilines is 1. The molecule has 3 heteroatoms. The highest BCUT2D eigenvalue weighted by atomic mass is 15.0. The fourth-order valence-corrected chi connectivity index (χ4v) is 2.56. The first-order valence-electron chi connectivity index (χ1n) is 7.02. The van der Waals surface area contributed by atoms with Gasteiger partial charge in [0, 0.05) is 18.2 Å². The van der Waals surface area contributed by atoms with Gasteiger partial charge in [-0.05, 0) is 31.9 Å². The molecule has 0 bridgehead atoms. The number of nitrogens with two attached hydrogens (primary N) is 1. The van der Waals surface area contributed by atoms with Crippen molar-refractivity contribution in [1.29, 1.82) is 5.26 Å². The van der Waals surface area contributed by atoms with Crippen LogP contribution in [0.1, 0.15) is 48.8 Å². The third kappa shape index (κ3) is 2.70. The lowest BCUT2D eigenvalue weighted by Gasteiger charge is -2.17. The molecule has 0 radical (unpaired) electrons. The van der Waals surface area contributed by atoms with Gasteiger partial charge in [0.1, 0.15) is 11.8 Å². The number of nitrogen functional groups attached to an aromatic ring is 1. The Balaban J connectivity index is 2.46. The van der Waals surface area contributed by atoms with E-state index < -0.39 is 0 Å². The van der Waals surface area contributed by atoms with Crippen molar-refractivity contribution in [3.63, 3.8) is 0 Å². The van der Waals surface area contributed by atoms with Gasteiger partial charge in [-0.15, -0.1) is 0 Å². The van der Waals surface area contributed by atoms with E-state index in [1.165, 1.54) is 11.1 Å². The van der Waals surface area contributed by atoms with Gasteiger partial charge in [-0.3, -0.25) is 0 Å². The van der Waals surface area contributed by atoms with Crippen LogP contribution in [0.15, 0.2) is 30.3 Å². The van der Waals surface area contributed by atoms with E-state index in [2.05, 4.69) is 55.7 Å². The number of hydrogen-bond donors (Lipinski definition) is 1. The molecule has 0 fully saturated rings. The van der Waals surface area contributed by atoms with Gasteiger partial charge in [0.2, 0.25) is 0 Å². The van der Waals surface area contributed by atoms with Gasteiger partial charge in [-0.1, -0.05) is 36.8 Å². The maximum atomic E-state index is 9.28. The summed E-state index contributed by atoms with van der Waals surface area (Å²) in [5.41, 5.74) is 11.0. The molecule has 0 saturated heterocycles. The van der Waals surface area contributed by atoms with E-state index in [0.717, 1.165) is 18.5 Å². The van der Waals surface area contributed by atoms with Crippen LogP contribution in [0.5, 0.6) is 0 Å². The predicted octanol–water partition coefficient (Wildman–Crippen LogP) is 3.81. The zero-order valence-corrected chi connectivity index (χ0v) is 12.4. The second-order valence-electron chi connectivity index (χ2n) is 5.34. The Morgan fingerprint density at radius 1 is 1.35 bits per heavy atom. The summed E-state index contributed by atoms with van der Waals surface area (Å²) in [4.78, 5) is 0. The Bertz CT molecular complexity index is 647. The van der Waals surface area contributed by atoms with Crippen LogP contribution in [0.2, 0.25) is 0 Å². The molecule has 1 atom stereocenters. The van der Waals surface area contributed by atoms with Crippen molar-refractivity contribution in [1.82, 2.24) is 4.57 Å². The van der Waals surface area contributed by atoms with E-state index in [1.807, 2.05) is 0 Å². The van der Waals surface area contributed by atoms with Crippen molar-refractivity contribution in [3.8, 4) is 6.07 Å². The molecule has 0 aliphatic carbocycles. The monoisotopic (exact) mass is 267 g/mol. The standard InChI is InChI=1S/C17H21N3/c1-4-13(3)20-15(11-18)10-16(19)17(20)9-14-7-5-6-12(2)8-14/h5-8,10,13H,4,9,19H2,1-3H3/t13-/m1/s1. The third-order valence-corrected chi connectivity index (χ3v) is 3.78. The number of aromatic nitrogens is 1. The van der Waals surface area contributed by atoms with E-state index in [4.69, 9.17) is 5.73 Å². The Hall–Kier alpha value is -2.21. The molecule has 1 aromatic carbocycles. The normalized spacial score (nSPS) is 12.1. The zero-order chi connectivity index (χ0) is 14.7. The molecule has 2 N–H and O–H groups in total. The third-order valence-electron chi connectivity index (χ3n) is 3.78. The highest BCUT2D eigenvalue weighted by Gasteiger charge is 2.17. The largest absolute Gasteiger partial charge is 0.397 e. The molecule has 20 heavy (non-hydrogen) atoms. The molecule has 2 rings (SSSR count). The molecule has 0 unspecified atom stereocenters. The molecule has 2 aromatic rings. The first-order chi connectivity index (χ1) is 9.56. The van der Waals surface area contributed by atoms with Crippen LogP contribution < -0.4 is 5.73 Å². The molecule has 1 heterocycles. The summed E-state index contributed by atoms with van der Waals surface area (Å²) in [6, 6.07) is 12.7. The summed E-state index contributed by atoms with van der Waals surface area (Å²) in [5, 5.41) is 9.28. The van der Waals surface area contributed by atoms with E-state index >= 15 is 0 Å². The second kappa shape index (κ2) is 5.83. The predicted molar refractivity (Wildman–Crippen MR) is 82.5 cm³/mol. The number of rotatable bonds is 4. The summed E-state index contributed by atoms with van der Waals surface area (Å²) in [5.74, 6) is 0. The molecule has 3 nitrogen and oxygen atoms in total. The lowest BCUT2D eigenvalue weighted by Crippen LogP contribution is -2.11. The summed E-state index contributed by atoms with van der Waals surface area (Å²) in [6.45, 7) is 6.33. The van der Waals surface area contributed by atoms with Crippen LogP contribution in [0.3, 0.4) is 0 Å². The van der Waals surface area contributed by atoms with Crippen LogP contribution >= 0.6 is 0 Å². The van der Waals surface area contributed by atoms with E-state index in [9.17, 15) is 5.26 Å². The van der Waals surface area contributed by atoms with Crippen molar-refractivity contribution in [2.45, 2.75) is 39.7 Å². The van der Waals surface area contributed by atoms with Crippen LogP contribution in [-0.4, -0.2) is 4.57 Å². The molecule has 0 amide bonds. The maximum absolute atomic E-state index is 9.28. The quantitative estimate of drug-likeness (QED) is 0.915. The molecule has 0 aliphatic heterocycles. The molecule has 1 aromatic heterocycles.